The molecular formula is C19H28O5. The van der Waals surface area contributed by atoms with E-state index < -0.39 is 17.4 Å². The fourth-order valence-corrected chi connectivity index (χ4v) is 6.45. The number of carboxylic acid groups (broad SMARTS) is 2. The Bertz CT molecular complexity index is 570. The molecule has 1 unspecified atom stereocenters. The molecule has 0 radical (unpaired) electrons. The van der Waals surface area contributed by atoms with Crippen LogP contribution in [0.1, 0.15) is 65.2 Å². The maximum absolute atomic E-state index is 12.4. The lowest BCUT2D eigenvalue weighted by Crippen LogP contribution is -2.53. The summed E-state index contributed by atoms with van der Waals surface area (Å²) in [5.74, 6) is -0.466. The third-order valence-electron chi connectivity index (χ3n) is 7.73. The highest BCUT2D eigenvalue weighted by Gasteiger charge is 2.60. The van der Waals surface area contributed by atoms with Crippen LogP contribution in [0.3, 0.4) is 0 Å². The highest BCUT2D eigenvalue weighted by molar-refractivity contribution is 5.87. The first-order valence-electron chi connectivity index (χ1n) is 9.15. The van der Waals surface area contributed by atoms with E-state index in [1.807, 2.05) is 6.92 Å². The molecule has 0 saturated heterocycles. The van der Waals surface area contributed by atoms with Crippen molar-refractivity contribution in [1.29, 1.82) is 0 Å². The Morgan fingerprint density at radius 1 is 1.04 bits per heavy atom. The van der Waals surface area contributed by atoms with E-state index in [0.29, 0.717) is 24.0 Å². The van der Waals surface area contributed by atoms with Gasteiger partial charge in [0.1, 0.15) is 5.78 Å². The monoisotopic (exact) mass is 336 g/mol. The second-order valence-corrected chi connectivity index (χ2v) is 8.74. The van der Waals surface area contributed by atoms with E-state index in [0.717, 1.165) is 32.1 Å². The molecule has 24 heavy (non-hydrogen) atoms. The summed E-state index contributed by atoms with van der Waals surface area (Å²) in [5.41, 5.74) is -0.717. The first kappa shape index (κ1) is 17.4. The number of Topliss-reactive ketones (excluding diaryl/α,β-unsaturated/α-hetero) is 1. The Kier molecular flexibility index (Phi) is 4.25. The third kappa shape index (κ3) is 2.56. The number of aliphatic carboxylic acids is 2. The van der Waals surface area contributed by atoms with Crippen molar-refractivity contribution in [3.05, 3.63) is 0 Å². The van der Waals surface area contributed by atoms with Gasteiger partial charge in [0, 0.05) is 18.3 Å². The Hall–Kier alpha value is -1.39. The highest BCUT2D eigenvalue weighted by atomic mass is 16.4. The van der Waals surface area contributed by atoms with Crippen LogP contribution in [0.2, 0.25) is 0 Å². The standard InChI is InChI=1S/C19H28O5/c1-18-8-7-14-12(13(18)5-6-15(18)20)4-3-11(9-16(21)22)19(14,2)10-17(23)24/h11-14H,3-10H2,1-2H3,(H,21,22)(H,23,24)/t11-,12-,13-,14?,18-,19-/m0/s1. The zero-order valence-corrected chi connectivity index (χ0v) is 14.6. The van der Waals surface area contributed by atoms with Crippen molar-refractivity contribution in [2.75, 3.05) is 0 Å². The molecule has 0 aromatic heterocycles. The van der Waals surface area contributed by atoms with Crippen LogP contribution in [0, 0.1) is 34.5 Å². The van der Waals surface area contributed by atoms with Crippen molar-refractivity contribution in [2.45, 2.75) is 65.2 Å². The molecule has 3 saturated carbocycles. The van der Waals surface area contributed by atoms with Crippen molar-refractivity contribution in [1.82, 2.24) is 0 Å². The van der Waals surface area contributed by atoms with Crippen molar-refractivity contribution < 1.29 is 24.6 Å². The smallest absolute Gasteiger partial charge is 0.303 e. The number of rotatable bonds is 4. The molecular weight excluding hydrogens is 308 g/mol. The first-order valence-corrected chi connectivity index (χ1v) is 9.15. The van der Waals surface area contributed by atoms with Crippen LogP contribution in [0.4, 0.5) is 0 Å². The summed E-state index contributed by atoms with van der Waals surface area (Å²) in [6.45, 7) is 4.09. The molecule has 0 spiro atoms. The van der Waals surface area contributed by atoms with Crippen molar-refractivity contribution >= 4 is 17.7 Å². The van der Waals surface area contributed by atoms with E-state index in [9.17, 15) is 24.6 Å². The lowest BCUT2D eigenvalue weighted by molar-refractivity contribution is -0.156. The lowest BCUT2D eigenvalue weighted by Gasteiger charge is -2.57. The molecule has 3 rings (SSSR count). The Morgan fingerprint density at radius 3 is 2.38 bits per heavy atom. The first-order chi connectivity index (χ1) is 11.2. The molecule has 0 bridgehead atoms. The van der Waals surface area contributed by atoms with Gasteiger partial charge in [-0.25, -0.2) is 0 Å². The molecule has 5 heteroatoms. The van der Waals surface area contributed by atoms with Gasteiger partial charge in [-0.2, -0.15) is 0 Å². The zero-order chi connectivity index (χ0) is 17.7. The van der Waals surface area contributed by atoms with Gasteiger partial charge in [0.25, 0.3) is 0 Å². The molecule has 3 aliphatic rings. The number of ketones is 1. The molecule has 0 aliphatic heterocycles. The molecule has 0 heterocycles. The number of carbonyl (C=O) groups excluding carboxylic acids is 1. The fraction of sp³-hybridized carbons (Fsp3) is 0.842. The van der Waals surface area contributed by atoms with E-state index in [2.05, 4.69) is 6.92 Å². The van der Waals surface area contributed by atoms with Crippen LogP contribution in [-0.4, -0.2) is 27.9 Å². The van der Waals surface area contributed by atoms with Gasteiger partial charge in [-0.05, 0) is 61.2 Å². The number of carbonyl (C=O) groups is 3. The number of hydrogen-bond acceptors (Lipinski definition) is 3. The Labute approximate surface area is 142 Å². The fourth-order valence-electron chi connectivity index (χ4n) is 6.45. The molecule has 0 amide bonds. The van der Waals surface area contributed by atoms with Crippen LogP contribution in [0.5, 0.6) is 0 Å². The van der Waals surface area contributed by atoms with Crippen molar-refractivity contribution in [3.8, 4) is 0 Å². The summed E-state index contributed by atoms with van der Waals surface area (Å²) in [5, 5.41) is 18.7. The van der Waals surface area contributed by atoms with Crippen LogP contribution in [-0.2, 0) is 14.4 Å². The van der Waals surface area contributed by atoms with Gasteiger partial charge in [0.2, 0.25) is 0 Å². The van der Waals surface area contributed by atoms with E-state index >= 15 is 0 Å². The van der Waals surface area contributed by atoms with Crippen molar-refractivity contribution in [2.24, 2.45) is 34.5 Å². The van der Waals surface area contributed by atoms with E-state index in [1.165, 1.54) is 0 Å². The van der Waals surface area contributed by atoms with E-state index in [1.54, 1.807) is 0 Å². The third-order valence-corrected chi connectivity index (χ3v) is 7.73. The molecule has 5 nitrogen and oxygen atoms in total. The van der Waals surface area contributed by atoms with Gasteiger partial charge in [0.15, 0.2) is 0 Å². The summed E-state index contributed by atoms with van der Waals surface area (Å²) >= 11 is 0. The van der Waals surface area contributed by atoms with Gasteiger partial charge in [-0.3, -0.25) is 14.4 Å². The minimum absolute atomic E-state index is 0.0312. The molecule has 134 valence electrons. The van der Waals surface area contributed by atoms with E-state index in [4.69, 9.17) is 0 Å². The second-order valence-electron chi connectivity index (χ2n) is 8.74. The second kappa shape index (κ2) is 5.85. The summed E-state index contributed by atoms with van der Waals surface area (Å²) in [6.07, 6.45) is 5.03. The van der Waals surface area contributed by atoms with Crippen molar-refractivity contribution in [3.63, 3.8) is 0 Å². The predicted octanol–water partition coefficient (Wildman–Crippen LogP) is 3.36. The molecule has 0 aromatic carbocycles. The van der Waals surface area contributed by atoms with Crippen LogP contribution in [0.25, 0.3) is 0 Å². The minimum atomic E-state index is -0.843. The quantitative estimate of drug-likeness (QED) is 0.821. The minimum Gasteiger partial charge on any atom is -0.481 e. The topological polar surface area (TPSA) is 91.7 Å². The molecule has 2 N–H and O–H groups in total. The summed E-state index contributed by atoms with van der Waals surface area (Å²) in [4.78, 5) is 35.2. The molecule has 6 atom stereocenters. The van der Waals surface area contributed by atoms with Crippen LogP contribution in [0.15, 0.2) is 0 Å². The van der Waals surface area contributed by atoms with Crippen LogP contribution < -0.4 is 0 Å². The maximum Gasteiger partial charge on any atom is 0.303 e. The Balaban J connectivity index is 1.92. The average molecular weight is 336 g/mol. The number of hydrogen-bond donors (Lipinski definition) is 2. The van der Waals surface area contributed by atoms with Gasteiger partial charge in [-0.1, -0.05) is 13.8 Å². The normalized spacial score (nSPS) is 44.7. The van der Waals surface area contributed by atoms with Gasteiger partial charge in [0.05, 0.1) is 6.42 Å². The summed E-state index contributed by atoms with van der Waals surface area (Å²) < 4.78 is 0. The van der Waals surface area contributed by atoms with Gasteiger partial charge in [-0.15, -0.1) is 0 Å². The molecule has 3 fully saturated rings. The summed E-state index contributed by atoms with van der Waals surface area (Å²) in [7, 11) is 0. The predicted molar refractivity (Wildman–Crippen MR) is 87.4 cm³/mol. The summed E-state index contributed by atoms with van der Waals surface area (Å²) in [6, 6.07) is 0. The molecule has 3 aliphatic carbocycles. The van der Waals surface area contributed by atoms with Gasteiger partial charge < -0.3 is 10.2 Å². The molecule has 0 aromatic rings. The van der Waals surface area contributed by atoms with E-state index in [-0.39, 0.29) is 30.1 Å². The van der Waals surface area contributed by atoms with Crippen LogP contribution >= 0.6 is 0 Å². The maximum atomic E-state index is 12.4. The largest absolute Gasteiger partial charge is 0.481 e. The zero-order valence-electron chi connectivity index (χ0n) is 14.6. The average Bonchev–Trinajstić information content (AvgIpc) is 2.77. The number of carboxylic acids is 2. The SMILES string of the molecule is C[C@]12CCC3[C@@H](CC[C@@H](CC(=O)O)[C@]3(C)CC(=O)O)[C@@H]1CCC2=O. The Morgan fingerprint density at radius 2 is 1.75 bits per heavy atom. The van der Waals surface area contributed by atoms with Gasteiger partial charge >= 0.3 is 11.9 Å². The lowest BCUT2D eigenvalue weighted by atomic mass is 9.46. The highest BCUT2D eigenvalue weighted by Crippen LogP contribution is 2.64. The number of fused-ring (bicyclic) bond motifs is 3.